The van der Waals surface area contributed by atoms with Crippen LogP contribution in [0.25, 0.3) is 10.9 Å². The first kappa shape index (κ1) is 22.4. The maximum absolute atomic E-state index is 14.3. The smallest absolute Gasteiger partial charge is 0.328 e. The maximum atomic E-state index is 14.3. The molecule has 1 aromatic heterocycles. The average molecular weight is 497 g/mol. The molecule has 1 fully saturated rings. The Balaban J connectivity index is 1.47. The highest BCUT2D eigenvalue weighted by atomic mass is 35.5. The van der Waals surface area contributed by atoms with E-state index in [0.717, 1.165) is 35.3 Å². The van der Waals surface area contributed by atoms with Crippen LogP contribution in [0.3, 0.4) is 0 Å². The van der Waals surface area contributed by atoms with Gasteiger partial charge < -0.3 is 10.1 Å². The molecule has 182 valence electrons. The molecule has 1 aliphatic carbocycles. The molecule has 6 rings (SSSR count). The van der Waals surface area contributed by atoms with Crippen LogP contribution < -0.4 is 0 Å². The summed E-state index contributed by atoms with van der Waals surface area (Å²) in [5, 5.41) is 11.0. The lowest BCUT2D eigenvalue weighted by atomic mass is 9.80. The third kappa shape index (κ3) is 3.34. The summed E-state index contributed by atoms with van der Waals surface area (Å²) in [4.78, 5) is 36.1. The highest BCUT2D eigenvalue weighted by Gasteiger charge is 2.60. The van der Waals surface area contributed by atoms with Gasteiger partial charge >= 0.3 is 6.03 Å². The predicted molar refractivity (Wildman–Crippen MR) is 131 cm³/mol. The number of halogens is 2. The van der Waals surface area contributed by atoms with Crippen LogP contribution in [-0.4, -0.2) is 68.4 Å². The first-order chi connectivity index (χ1) is 16.8. The highest BCUT2D eigenvalue weighted by molar-refractivity contribution is 6.31. The number of hydrogen-bond donors (Lipinski definition) is 2. The predicted octanol–water partition coefficient (Wildman–Crippen LogP) is 4.61. The van der Waals surface area contributed by atoms with Crippen molar-refractivity contribution in [2.75, 3.05) is 26.2 Å². The van der Waals surface area contributed by atoms with E-state index in [0.29, 0.717) is 31.4 Å². The normalized spacial score (nSPS) is 26.4. The lowest BCUT2D eigenvalue weighted by Gasteiger charge is -2.43. The summed E-state index contributed by atoms with van der Waals surface area (Å²) in [6.45, 7) is 4.34. The summed E-state index contributed by atoms with van der Waals surface area (Å²) in [7, 11) is 0. The number of nitrogens with zero attached hydrogens (tertiary/aromatic N) is 3. The minimum Gasteiger partial charge on any atom is -0.512 e. The first-order valence-electron chi connectivity index (χ1n) is 11.9. The lowest BCUT2D eigenvalue weighted by Crippen LogP contribution is -2.53. The van der Waals surface area contributed by atoms with Crippen LogP contribution in [0.5, 0.6) is 0 Å². The van der Waals surface area contributed by atoms with E-state index in [1.807, 2.05) is 6.08 Å². The number of carbonyl (C=O) groups excluding carboxylic acids is 2. The van der Waals surface area contributed by atoms with Crippen LogP contribution >= 0.6 is 11.6 Å². The standard InChI is InChI=1S/C26H26ClFN4O3/c1-26-14-18-17-12-19(27)20(28)13-21(17)29-22(18)23(15-5-4-6-16(33)11-15)32(26)25(35)31(24(26)34)10-9-30-7-2-3-8-30/h2-3,5,11-13,23,29,33H,4,6-10,14H2,1H3/t23-,26+/m1/s1. The number of allylic oxidation sites excluding steroid dienone is 2. The molecule has 0 bridgehead atoms. The van der Waals surface area contributed by atoms with E-state index in [4.69, 9.17) is 11.6 Å². The van der Waals surface area contributed by atoms with Crippen molar-refractivity contribution in [3.8, 4) is 0 Å². The van der Waals surface area contributed by atoms with Gasteiger partial charge in [0.25, 0.3) is 5.91 Å². The zero-order chi connectivity index (χ0) is 24.5. The van der Waals surface area contributed by atoms with Gasteiger partial charge in [-0.3, -0.25) is 19.5 Å². The van der Waals surface area contributed by atoms with Gasteiger partial charge in [-0.1, -0.05) is 29.8 Å². The molecule has 3 amide bonds. The largest absolute Gasteiger partial charge is 0.512 e. The molecule has 0 spiro atoms. The summed E-state index contributed by atoms with van der Waals surface area (Å²) in [5.74, 6) is -0.541. The number of imide groups is 1. The Morgan fingerprint density at radius 3 is 2.74 bits per heavy atom. The molecule has 4 heterocycles. The number of hydrogen-bond acceptors (Lipinski definition) is 4. The Kier molecular flexibility index (Phi) is 5.09. The first-order valence-corrected chi connectivity index (χ1v) is 12.3. The molecule has 0 saturated carbocycles. The molecule has 7 nitrogen and oxygen atoms in total. The van der Waals surface area contributed by atoms with E-state index >= 15 is 0 Å². The third-order valence-corrected chi connectivity index (χ3v) is 7.96. The van der Waals surface area contributed by atoms with Gasteiger partial charge in [-0.05, 0) is 42.7 Å². The molecule has 1 saturated heterocycles. The van der Waals surface area contributed by atoms with Gasteiger partial charge in [-0.25, -0.2) is 9.18 Å². The fraction of sp³-hybridized carbons (Fsp3) is 0.385. The molecule has 35 heavy (non-hydrogen) atoms. The van der Waals surface area contributed by atoms with Gasteiger partial charge in [-0.15, -0.1) is 0 Å². The van der Waals surface area contributed by atoms with Crippen molar-refractivity contribution in [1.29, 1.82) is 0 Å². The Morgan fingerprint density at radius 1 is 1.23 bits per heavy atom. The minimum absolute atomic E-state index is 0.00697. The van der Waals surface area contributed by atoms with Gasteiger partial charge in [0.2, 0.25) is 0 Å². The number of aliphatic hydroxyl groups excluding tert-OH is 1. The zero-order valence-electron chi connectivity index (χ0n) is 19.4. The van der Waals surface area contributed by atoms with Gasteiger partial charge in [0.1, 0.15) is 17.4 Å². The molecule has 1 aromatic carbocycles. The monoisotopic (exact) mass is 496 g/mol. The van der Waals surface area contributed by atoms with Crippen LogP contribution in [0, 0.1) is 5.82 Å². The van der Waals surface area contributed by atoms with Crippen molar-refractivity contribution < 1.29 is 19.1 Å². The summed E-state index contributed by atoms with van der Waals surface area (Å²) < 4.78 is 14.3. The van der Waals surface area contributed by atoms with Crippen molar-refractivity contribution in [3.63, 3.8) is 0 Å². The average Bonchev–Trinajstić information content (AvgIpc) is 3.50. The molecule has 2 N–H and O–H groups in total. The minimum atomic E-state index is -1.12. The summed E-state index contributed by atoms with van der Waals surface area (Å²) in [6.07, 6.45) is 9.27. The van der Waals surface area contributed by atoms with E-state index in [1.165, 1.54) is 11.0 Å². The molecule has 0 radical (unpaired) electrons. The molecule has 0 unspecified atom stereocenters. The van der Waals surface area contributed by atoms with E-state index in [1.54, 1.807) is 24.0 Å². The number of aliphatic hydroxyl groups is 1. The van der Waals surface area contributed by atoms with Crippen LogP contribution in [0.4, 0.5) is 9.18 Å². The quantitative estimate of drug-likeness (QED) is 0.478. The number of nitrogens with one attached hydrogen (secondary N) is 1. The van der Waals surface area contributed by atoms with E-state index in [2.05, 4.69) is 22.0 Å². The van der Waals surface area contributed by atoms with Crippen LogP contribution in [0.2, 0.25) is 5.02 Å². The number of aromatic amines is 1. The molecule has 2 aromatic rings. The Hall–Kier alpha value is -3.10. The van der Waals surface area contributed by atoms with Crippen molar-refractivity contribution in [2.45, 2.75) is 37.8 Å². The number of aromatic nitrogens is 1. The number of amides is 3. The maximum Gasteiger partial charge on any atom is 0.328 e. The zero-order valence-corrected chi connectivity index (χ0v) is 20.1. The van der Waals surface area contributed by atoms with Crippen LogP contribution in [-0.2, 0) is 11.2 Å². The van der Waals surface area contributed by atoms with Crippen LogP contribution in [0.15, 0.2) is 47.8 Å². The van der Waals surface area contributed by atoms with Crippen molar-refractivity contribution in [1.82, 2.24) is 19.7 Å². The van der Waals surface area contributed by atoms with Gasteiger partial charge in [0.15, 0.2) is 0 Å². The van der Waals surface area contributed by atoms with Gasteiger partial charge in [-0.2, -0.15) is 0 Å². The summed E-state index contributed by atoms with van der Waals surface area (Å²) >= 11 is 6.12. The van der Waals surface area contributed by atoms with E-state index in [-0.39, 0.29) is 29.1 Å². The van der Waals surface area contributed by atoms with Gasteiger partial charge in [0.05, 0.1) is 10.8 Å². The number of carbonyl (C=O) groups is 2. The lowest BCUT2D eigenvalue weighted by molar-refractivity contribution is -0.133. The van der Waals surface area contributed by atoms with Gasteiger partial charge in [0, 0.05) is 55.6 Å². The molecular weight excluding hydrogens is 471 g/mol. The van der Waals surface area contributed by atoms with E-state index in [9.17, 15) is 19.1 Å². The second-order valence-corrected chi connectivity index (χ2v) is 10.3. The highest BCUT2D eigenvalue weighted by Crippen LogP contribution is 2.50. The molecule has 2 atom stereocenters. The van der Waals surface area contributed by atoms with Crippen LogP contribution in [0.1, 0.15) is 37.1 Å². The molecule has 3 aliphatic heterocycles. The summed E-state index contributed by atoms with van der Waals surface area (Å²) in [5.41, 5.74) is 1.76. The molecular formula is C26H26ClFN4O3. The summed E-state index contributed by atoms with van der Waals surface area (Å²) in [6, 6.07) is 1.97. The number of fused-ring (bicyclic) bond motifs is 4. The fourth-order valence-corrected chi connectivity index (χ4v) is 6.06. The second kappa shape index (κ2) is 7.96. The number of rotatable bonds is 4. The second-order valence-electron chi connectivity index (χ2n) is 9.90. The SMILES string of the molecule is C[C@@]12Cc3c([nH]c4cc(F)c(Cl)cc34)[C@@H](C3=CCCC(O)=C3)N1C(=O)N(CCN1CC=CC1)C2=O. The topological polar surface area (TPSA) is 79.9 Å². The molecule has 9 heteroatoms. The Labute approximate surface area is 207 Å². The number of benzene rings is 1. The number of H-pyrrole nitrogens is 1. The molecule has 4 aliphatic rings. The number of urea groups is 1. The third-order valence-electron chi connectivity index (χ3n) is 7.67. The van der Waals surface area contributed by atoms with E-state index < -0.39 is 17.4 Å². The van der Waals surface area contributed by atoms with Crippen molar-refractivity contribution >= 4 is 34.4 Å². The Bertz CT molecular complexity index is 1350. The van der Waals surface area contributed by atoms with Crippen molar-refractivity contribution in [3.05, 3.63) is 69.9 Å². The Morgan fingerprint density at radius 2 is 2.00 bits per heavy atom. The fourth-order valence-electron chi connectivity index (χ4n) is 5.90. The van der Waals surface area contributed by atoms with Crippen molar-refractivity contribution in [2.24, 2.45) is 0 Å².